The van der Waals surface area contributed by atoms with Gasteiger partial charge < -0.3 is 5.32 Å². The molecule has 1 atom stereocenters. The van der Waals surface area contributed by atoms with E-state index in [9.17, 15) is 13.2 Å². The summed E-state index contributed by atoms with van der Waals surface area (Å²) < 4.78 is 40.3. The van der Waals surface area contributed by atoms with Gasteiger partial charge in [0, 0.05) is 27.8 Å². The molecule has 2 aromatic rings. The molecule has 2 aromatic carbocycles. The number of nitrogens with one attached hydrogen (secondary N) is 1. The average molecular weight is 330 g/mol. The fraction of sp³-hybridized carbons (Fsp3) is 0.200. The number of hydrogen-bond acceptors (Lipinski definition) is 2. The highest BCUT2D eigenvalue weighted by Crippen LogP contribution is 2.39. The fourth-order valence-corrected chi connectivity index (χ4v) is 3.65. The van der Waals surface area contributed by atoms with Crippen molar-refractivity contribution in [1.82, 2.24) is 0 Å². The summed E-state index contributed by atoms with van der Waals surface area (Å²) in [6, 6.07) is 6.76. The molecule has 21 heavy (non-hydrogen) atoms. The maximum Gasteiger partial charge on any atom is 0.182 e. The van der Waals surface area contributed by atoms with Gasteiger partial charge in [0.25, 0.3) is 0 Å². The van der Waals surface area contributed by atoms with Gasteiger partial charge in [0.2, 0.25) is 0 Å². The monoisotopic (exact) mass is 329 g/mol. The zero-order valence-electron chi connectivity index (χ0n) is 10.8. The lowest BCUT2D eigenvalue weighted by Gasteiger charge is -2.27. The number of rotatable bonds is 2. The first-order chi connectivity index (χ1) is 10.0. The Balaban J connectivity index is 1.95. The molecule has 0 saturated heterocycles. The molecule has 0 amide bonds. The van der Waals surface area contributed by atoms with Crippen LogP contribution in [0.4, 0.5) is 18.9 Å². The molecule has 0 aromatic heterocycles. The van der Waals surface area contributed by atoms with Gasteiger partial charge in [-0.25, -0.2) is 13.2 Å². The Kier molecular flexibility index (Phi) is 4.04. The van der Waals surface area contributed by atoms with Crippen LogP contribution in [0.5, 0.6) is 0 Å². The Morgan fingerprint density at radius 2 is 1.95 bits per heavy atom. The van der Waals surface area contributed by atoms with E-state index >= 15 is 0 Å². The lowest BCUT2D eigenvalue weighted by molar-refractivity contribution is 0.495. The third-order valence-corrected chi connectivity index (χ3v) is 4.69. The number of fused-ring (bicyclic) bond motifs is 1. The lowest BCUT2D eigenvalue weighted by Crippen LogP contribution is -2.17. The Morgan fingerprint density at radius 3 is 2.76 bits per heavy atom. The first kappa shape index (κ1) is 14.6. The minimum absolute atomic E-state index is 0.171. The van der Waals surface area contributed by atoms with Crippen LogP contribution in [-0.2, 0) is 0 Å². The predicted octanol–water partition coefficient (Wildman–Crippen LogP) is 5.41. The van der Waals surface area contributed by atoms with E-state index in [-0.39, 0.29) is 11.7 Å². The third-order valence-electron chi connectivity index (χ3n) is 3.33. The zero-order valence-corrected chi connectivity index (χ0v) is 12.4. The number of benzene rings is 2. The number of anilines is 1. The molecule has 0 saturated carbocycles. The maximum atomic E-state index is 13.8. The molecule has 1 unspecified atom stereocenters. The van der Waals surface area contributed by atoms with Crippen LogP contribution < -0.4 is 5.32 Å². The summed E-state index contributed by atoms with van der Waals surface area (Å²) in [5.41, 5.74) is 0.748. The summed E-state index contributed by atoms with van der Waals surface area (Å²) in [5, 5.41) is 3.46. The van der Waals surface area contributed by atoms with Crippen LogP contribution in [0.25, 0.3) is 0 Å². The van der Waals surface area contributed by atoms with E-state index in [0.29, 0.717) is 11.1 Å². The van der Waals surface area contributed by atoms with E-state index in [1.807, 2.05) is 6.07 Å². The molecule has 1 aliphatic rings. The second-order valence-electron chi connectivity index (χ2n) is 4.77. The van der Waals surface area contributed by atoms with Crippen molar-refractivity contribution in [1.29, 1.82) is 0 Å². The second-order valence-corrected chi connectivity index (χ2v) is 6.34. The third kappa shape index (κ3) is 2.99. The second kappa shape index (κ2) is 5.81. The van der Waals surface area contributed by atoms with E-state index < -0.39 is 17.5 Å². The fourth-order valence-electron chi connectivity index (χ4n) is 2.36. The highest BCUT2D eigenvalue weighted by molar-refractivity contribution is 7.99. The predicted molar refractivity (Wildman–Crippen MR) is 79.5 cm³/mol. The van der Waals surface area contributed by atoms with Crippen LogP contribution in [0.3, 0.4) is 0 Å². The minimum atomic E-state index is -1.20. The molecule has 0 bridgehead atoms. The Bertz CT molecular complexity index is 693. The molecule has 0 fully saturated rings. The molecule has 3 rings (SSSR count). The van der Waals surface area contributed by atoms with Crippen LogP contribution in [0.15, 0.2) is 35.2 Å². The molecule has 6 heteroatoms. The van der Waals surface area contributed by atoms with Gasteiger partial charge in [-0.1, -0.05) is 11.6 Å². The van der Waals surface area contributed by atoms with E-state index in [1.165, 1.54) is 0 Å². The van der Waals surface area contributed by atoms with Crippen molar-refractivity contribution < 1.29 is 13.2 Å². The number of halogens is 4. The van der Waals surface area contributed by atoms with Gasteiger partial charge in [-0.05, 0) is 30.2 Å². The van der Waals surface area contributed by atoms with Crippen LogP contribution in [0.2, 0.25) is 5.02 Å². The zero-order chi connectivity index (χ0) is 15.0. The largest absolute Gasteiger partial charge is 0.376 e. The molecule has 1 heterocycles. The van der Waals surface area contributed by atoms with Crippen molar-refractivity contribution in [2.24, 2.45) is 0 Å². The normalized spacial score (nSPS) is 17.4. The van der Waals surface area contributed by atoms with Crippen LogP contribution in [0, 0.1) is 17.5 Å². The van der Waals surface area contributed by atoms with Gasteiger partial charge in [0.1, 0.15) is 5.82 Å². The van der Waals surface area contributed by atoms with Gasteiger partial charge in [-0.15, -0.1) is 11.8 Å². The number of thioether (sulfide) groups is 1. The smallest absolute Gasteiger partial charge is 0.182 e. The van der Waals surface area contributed by atoms with Crippen molar-refractivity contribution >= 4 is 29.1 Å². The van der Waals surface area contributed by atoms with Gasteiger partial charge in [-0.3, -0.25) is 0 Å². The van der Waals surface area contributed by atoms with Gasteiger partial charge in [0.05, 0.1) is 11.7 Å². The Morgan fingerprint density at radius 1 is 1.14 bits per heavy atom. The Labute approximate surface area is 129 Å². The lowest BCUT2D eigenvalue weighted by atomic mass is 10.0. The van der Waals surface area contributed by atoms with Crippen molar-refractivity contribution in [3.05, 3.63) is 58.4 Å². The standard InChI is InChI=1S/C15H11ClF3NS/c16-8-1-2-14-10(5-8)12(3-4-21-14)20-13-7-9(17)6-11(18)15(13)19/h1-2,5-7,12,20H,3-4H2. The van der Waals surface area contributed by atoms with Crippen molar-refractivity contribution in [3.63, 3.8) is 0 Å². The van der Waals surface area contributed by atoms with E-state index in [2.05, 4.69) is 5.32 Å². The minimum Gasteiger partial charge on any atom is -0.376 e. The van der Waals surface area contributed by atoms with Crippen molar-refractivity contribution in [2.45, 2.75) is 17.4 Å². The summed E-state index contributed by atoms with van der Waals surface area (Å²) in [7, 11) is 0. The van der Waals surface area contributed by atoms with Crippen LogP contribution >= 0.6 is 23.4 Å². The van der Waals surface area contributed by atoms with E-state index in [1.54, 1.807) is 23.9 Å². The topological polar surface area (TPSA) is 12.0 Å². The SMILES string of the molecule is Fc1cc(F)c(F)c(NC2CCSc3ccc(Cl)cc32)c1. The summed E-state index contributed by atoms with van der Waals surface area (Å²) in [6.07, 6.45) is 0.718. The summed E-state index contributed by atoms with van der Waals surface area (Å²) >= 11 is 7.68. The first-order valence-corrected chi connectivity index (χ1v) is 7.74. The average Bonchev–Trinajstić information content (AvgIpc) is 2.45. The van der Waals surface area contributed by atoms with E-state index in [4.69, 9.17) is 11.6 Å². The summed E-state index contributed by atoms with van der Waals surface area (Å²) in [4.78, 5) is 1.04. The van der Waals surface area contributed by atoms with Crippen LogP contribution in [0.1, 0.15) is 18.0 Å². The van der Waals surface area contributed by atoms with Gasteiger partial charge in [0.15, 0.2) is 11.6 Å². The molecular weight excluding hydrogens is 319 g/mol. The summed E-state index contributed by atoms with van der Waals surface area (Å²) in [5.74, 6) is -2.24. The Hall–Kier alpha value is -1.33. The highest BCUT2D eigenvalue weighted by Gasteiger charge is 2.23. The van der Waals surface area contributed by atoms with E-state index in [0.717, 1.165) is 28.7 Å². The quantitative estimate of drug-likeness (QED) is 0.740. The highest BCUT2D eigenvalue weighted by atomic mass is 35.5. The van der Waals surface area contributed by atoms with Gasteiger partial charge >= 0.3 is 0 Å². The van der Waals surface area contributed by atoms with Gasteiger partial charge in [-0.2, -0.15) is 0 Å². The van der Waals surface area contributed by atoms with Crippen LogP contribution in [-0.4, -0.2) is 5.75 Å². The molecule has 110 valence electrons. The van der Waals surface area contributed by atoms with Crippen molar-refractivity contribution in [3.8, 4) is 0 Å². The first-order valence-electron chi connectivity index (χ1n) is 6.38. The number of hydrogen-bond donors (Lipinski definition) is 1. The molecule has 1 nitrogen and oxygen atoms in total. The molecule has 1 N–H and O–H groups in total. The molecule has 0 spiro atoms. The molecule has 0 radical (unpaired) electrons. The van der Waals surface area contributed by atoms with Crippen molar-refractivity contribution in [2.75, 3.05) is 11.1 Å². The molecular formula is C15H11ClF3NS. The molecule has 1 aliphatic heterocycles. The summed E-state index contributed by atoms with van der Waals surface area (Å²) in [6.45, 7) is 0. The molecule has 0 aliphatic carbocycles. The maximum absolute atomic E-state index is 13.8.